The zero-order valence-corrected chi connectivity index (χ0v) is 8.92. The molecular weight excluding hydrogens is 168 g/mol. The maximum atomic E-state index is 9.83. The van der Waals surface area contributed by atoms with Crippen molar-refractivity contribution in [1.82, 2.24) is 0 Å². The second-order valence-electron chi connectivity index (χ2n) is 3.54. The molecule has 0 aromatic carbocycles. The molecule has 3 heteroatoms. The van der Waals surface area contributed by atoms with Gasteiger partial charge in [-0.3, -0.25) is 0 Å². The first-order valence-electron chi connectivity index (χ1n) is 5.08. The summed E-state index contributed by atoms with van der Waals surface area (Å²) in [5, 5.41) is 18.8. The normalized spacial score (nSPS) is 18.2. The standard InChI is InChI=1S/C10H22O3/c1-4-7-10(12,5-2)13-8-6-9(3)11/h9,11-12H,4-8H2,1-3H3/t9-,10?/m1/s1. The summed E-state index contributed by atoms with van der Waals surface area (Å²) in [6.45, 7) is 6.05. The Labute approximate surface area is 80.7 Å². The number of hydrogen-bond acceptors (Lipinski definition) is 3. The van der Waals surface area contributed by atoms with Crippen LogP contribution in [0.25, 0.3) is 0 Å². The molecule has 80 valence electrons. The van der Waals surface area contributed by atoms with Gasteiger partial charge in [0.2, 0.25) is 0 Å². The third-order valence-corrected chi connectivity index (χ3v) is 2.10. The molecule has 0 spiro atoms. The van der Waals surface area contributed by atoms with Gasteiger partial charge in [-0.15, -0.1) is 0 Å². The number of rotatable bonds is 7. The van der Waals surface area contributed by atoms with E-state index in [4.69, 9.17) is 9.84 Å². The summed E-state index contributed by atoms with van der Waals surface area (Å²) in [6.07, 6.45) is 2.37. The number of aliphatic hydroxyl groups excluding tert-OH is 1. The highest BCUT2D eigenvalue weighted by Crippen LogP contribution is 2.18. The van der Waals surface area contributed by atoms with E-state index in [-0.39, 0.29) is 6.10 Å². The molecule has 0 aromatic rings. The molecule has 0 bridgehead atoms. The van der Waals surface area contributed by atoms with Crippen molar-refractivity contribution in [3.63, 3.8) is 0 Å². The van der Waals surface area contributed by atoms with Crippen molar-refractivity contribution in [2.45, 2.75) is 58.3 Å². The highest BCUT2D eigenvalue weighted by atomic mass is 16.6. The van der Waals surface area contributed by atoms with Gasteiger partial charge in [0.1, 0.15) is 0 Å². The first kappa shape index (κ1) is 12.9. The van der Waals surface area contributed by atoms with E-state index >= 15 is 0 Å². The zero-order chi connectivity index (χ0) is 10.3. The first-order chi connectivity index (χ1) is 6.04. The van der Waals surface area contributed by atoms with Crippen LogP contribution < -0.4 is 0 Å². The van der Waals surface area contributed by atoms with Gasteiger partial charge in [0.05, 0.1) is 12.7 Å². The minimum absolute atomic E-state index is 0.359. The Morgan fingerprint density at radius 2 is 2.00 bits per heavy atom. The zero-order valence-electron chi connectivity index (χ0n) is 8.92. The van der Waals surface area contributed by atoms with Crippen molar-refractivity contribution in [2.24, 2.45) is 0 Å². The Bertz CT molecular complexity index is 125. The van der Waals surface area contributed by atoms with Gasteiger partial charge in [-0.2, -0.15) is 0 Å². The van der Waals surface area contributed by atoms with Crippen molar-refractivity contribution in [1.29, 1.82) is 0 Å². The van der Waals surface area contributed by atoms with Gasteiger partial charge >= 0.3 is 0 Å². The Hall–Kier alpha value is -0.120. The first-order valence-corrected chi connectivity index (χ1v) is 5.08. The van der Waals surface area contributed by atoms with E-state index in [0.29, 0.717) is 25.9 Å². The fourth-order valence-electron chi connectivity index (χ4n) is 1.16. The summed E-state index contributed by atoms with van der Waals surface area (Å²) < 4.78 is 5.33. The largest absolute Gasteiger partial charge is 0.393 e. The molecule has 0 rings (SSSR count). The lowest BCUT2D eigenvalue weighted by molar-refractivity contribution is -0.211. The van der Waals surface area contributed by atoms with E-state index in [0.717, 1.165) is 6.42 Å². The van der Waals surface area contributed by atoms with Crippen molar-refractivity contribution < 1.29 is 14.9 Å². The molecule has 0 saturated heterocycles. The molecule has 0 aromatic heterocycles. The number of aliphatic hydroxyl groups is 2. The van der Waals surface area contributed by atoms with Crippen LogP contribution in [0.15, 0.2) is 0 Å². The van der Waals surface area contributed by atoms with E-state index < -0.39 is 5.79 Å². The molecule has 13 heavy (non-hydrogen) atoms. The van der Waals surface area contributed by atoms with Crippen molar-refractivity contribution in [2.75, 3.05) is 6.61 Å². The van der Waals surface area contributed by atoms with Crippen LogP contribution in [0.5, 0.6) is 0 Å². The molecule has 2 atom stereocenters. The predicted molar refractivity (Wildman–Crippen MR) is 52.4 cm³/mol. The quantitative estimate of drug-likeness (QED) is 0.600. The summed E-state index contributed by atoms with van der Waals surface area (Å²) in [7, 11) is 0. The summed E-state index contributed by atoms with van der Waals surface area (Å²) in [5.41, 5.74) is 0. The second kappa shape index (κ2) is 6.35. The van der Waals surface area contributed by atoms with Crippen LogP contribution in [0, 0.1) is 0 Å². The molecule has 0 fully saturated rings. The molecule has 0 aliphatic rings. The minimum Gasteiger partial charge on any atom is -0.393 e. The van der Waals surface area contributed by atoms with Crippen molar-refractivity contribution in [3.8, 4) is 0 Å². The van der Waals surface area contributed by atoms with Crippen LogP contribution in [0.3, 0.4) is 0 Å². The van der Waals surface area contributed by atoms with Crippen LogP contribution in [0.1, 0.15) is 46.5 Å². The lowest BCUT2D eigenvalue weighted by Crippen LogP contribution is -2.32. The third kappa shape index (κ3) is 6.02. The average molecular weight is 190 g/mol. The second-order valence-corrected chi connectivity index (χ2v) is 3.54. The molecular formula is C10H22O3. The van der Waals surface area contributed by atoms with Crippen molar-refractivity contribution in [3.05, 3.63) is 0 Å². The number of hydrogen-bond donors (Lipinski definition) is 2. The van der Waals surface area contributed by atoms with Gasteiger partial charge in [0.25, 0.3) is 0 Å². The molecule has 3 nitrogen and oxygen atoms in total. The van der Waals surface area contributed by atoms with Crippen LogP contribution in [-0.2, 0) is 4.74 Å². The lowest BCUT2D eigenvalue weighted by Gasteiger charge is -2.26. The summed E-state index contributed by atoms with van der Waals surface area (Å²) >= 11 is 0. The van der Waals surface area contributed by atoms with Crippen LogP contribution in [0.4, 0.5) is 0 Å². The monoisotopic (exact) mass is 190 g/mol. The van der Waals surface area contributed by atoms with Crippen molar-refractivity contribution >= 4 is 0 Å². The Balaban J connectivity index is 3.69. The molecule has 1 unspecified atom stereocenters. The van der Waals surface area contributed by atoms with E-state index in [1.807, 2.05) is 13.8 Å². The average Bonchev–Trinajstić information content (AvgIpc) is 2.04. The fourth-order valence-corrected chi connectivity index (χ4v) is 1.16. The molecule has 0 radical (unpaired) electrons. The summed E-state index contributed by atoms with van der Waals surface area (Å²) in [6, 6.07) is 0. The predicted octanol–water partition coefficient (Wildman–Crippen LogP) is 1.67. The molecule has 0 heterocycles. The van der Waals surface area contributed by atoms with E-state index in [1.165, 1.54) is 0 Å². The van der Waals surface area contributed by atoms with Gasteiger partial charge < -0.3 is 14.9 Å². The topological polar surface area (TPSA) is 49.7 Å². The smallest absolute Gasteiger partial charge is 0.165 e. The fraction of sp³-hybridized carbons (Fsp3) is 1.00. The Morgan fingerprint density at radius 1 is 1.38 bits per heavy atom. The summed E-state index contributed by atoms with van der Waals surface area (Å²) in [4.78, 5) is 0. The molecule has 0 amide bonds. The highest BCUT2D eigenvalue weighted by molar-refractivity contribution is 4.64. The van der Waals surface area contributed by atoms with Gasteiger partial charge in [-0.05, 0) is 19.8 Å². The molecule has 0 aliphatic heterocycles. The third-order valence-electron chi connectivity index (χ3n) is 2.10. The maximum absolute atomic E-state index is 9.83. The van der Waals surface area contributed by atoms with Gasteiger partial charge in [0.15, 0.2) is 5.79 Å². The maximum Gasteiger partial charge on any atom is 0.165 e. The Kier molecular flexibility index (Phi) is 6.29. The Morgan fingerprint density at radius 3 is 2.38 bits per heavy atom. The lowest BCUT2D eigenvalue weighted by atomic mass is 10.1. The highest BCUT2D eigenvalue weighted by Gasteiger charge is 2.23. The van der Waals surface area contributed by atoms with Crippen LogP contribution in [-0.4, -0.2) is 28.7 Å². The minimum atomic E-state index is -0.982. The van der Waals surface area contributed by atoms with Crippen LogP contribution >= 0.6 is 0 Å². The van der Waals surface area contributed by atoms with Gasteiger partial charge in [-0.1, -0.05) is 20.3 Å². The summed E-state index contributed by atoms with van der Waals surface area (Å²) in [5.74, 6) is -0.982. The SMILES string of the molecule is CCCC(O)(CC)OCC[C@@H](C)O. The van der Waals surface area contributed by atoms with Gasteiger partial charge in [0, 0.05) is 6.42 Å². The van der Waals surface area contributed by atoms with Gasteiger partial charge in [-0.25, -0.2) is 0 Å². The molecule has 0 aliphatic carbocycles. The number of ether oxygens (including phenoxy) is 1. The van der Waals surface area contributed by atoms with E-state index in [1.54, 1.807) is 6.92 Å². The molecule has 2 N–H and O–H groups in total. The van der Waals surface area contributed by atoms with E-state index in [9.17, 15) is 5.11 Å². The van der Waals surface area contributed by atoms with Crippen LogP contribution in [0.2, 0.25) is 0 Å². The molecule has 0 saturated carbocycles. The van der Waals surface area contributed by atoms with E-state index in [2.05, 4.69) is 0 Å².